The Hall–Kier alpha value is -1.81. The maximum Gasteiger partial charge on any atom is 0.268 e. The fourth-order valence-corrected chi connectivity index (χ4v) is 3.26. The first-order valence-electron chi connectivity index (χ1n) is 8.29. The third kappa shape index (κ3) is 2.75. The van der Waals surface area contributed by atoms with Crippen LogP contribution < -0.4 is 5.32 Å². The van der Waals surface area contributed by atoms with E-state index in [9.17, 15) is 4.79 Å². The summed E-state index contributed by atoms with van der Waals surface area (Å²) in [7, 11) is 0. The van der Waals surface area contributed by atoms with E-state index in [-0.39, 0.29) is 12.0 Å². The molecule has 1 aromatic carbocycles. The molecular formula is C18H22N2O2. The molecule has 1 saturated carbocycles. The van der Waals surface area contributed by atoms with Crippen molar-refractivity contribution < 1.29 is 9.53 Å². The van der Waals surface area contributed by atoms with Gasteiger partial charge in [-0.15, -0.1) is 0 Å². The maximum atomic E-state index is 12.6. The Kier molecular flexibility index (Phi) is 3.62. The Bertz CT molecular complexity index is 681. The van der Waals surface area contributed by atoms with E-state index in [2.05, 4.69) is 22.0 Å². The molecule has 2 aliphatic rings. The number of aromatic nitrogens is 1. The predicted molar refractivity (Wildman–Crippen MR) is 86.0 cm³/mol. The molecule has 0 bridgehead atoms. The number of carbonyl (C=O) groups is 1. The normalized spacial score (nSPS) is 21.4. The lowest BCUT2D eigenvalue weighted by molar-refractivity contribution is 0.0850. The molecule has 0 spiro atoms. The smallest absolute Gasteiger partial charge is 0.268 e. The van der Waals surface area contributed by atoms with Crippen molar-refractivity contribution in [1.82, 2.24) is 9.88 Å². The zero-order valence-corrected chi connectivity index (χ0v) is 12.8. The van der Waals surface area contributed by atoms with E-state index in [0.29, 0.717) is 6.54 Å². The van der Waals surface area contributed by atoms with Gasteiger partial charge in [0.1, 0.15) is 5.69 Å². The average Bonchev–Trinajstić information content (AvgIpc) is 3.07. The molecule has 1 aliphatic heterocycles. The lowest BCUT2D eigenvalue weighted by Gasteiger charge is -2.13. The molecular weight excluding hydrogens is 276 g/mol. The van der Waals surface area contributed by atoms with Crippen LogP contribution in [0.15, 0.2) is 30.3 Å². The largest absolute Gasteiger partial charge is 0.376 e. The third-order valence-electron chi connectivity index (χ3n) is 4.70. The number of benzene rings is 1. The summed E-state index contributed by atoms with van der Waals surface area (Å²) >= 11 is 0. The van der Waals surface area contributed by atoms with Crippen molar-refractivity contribution in [2.24, 2.45) is 5.92 Å². The molecule has 2 aromatic rings. The van der Waals surface area contributed by atoms with Crippen LogP contribution in [0.25, 0.3) is 10.9 Å². The number of hydrogen-bond acceptors (Lipinski definition) is 2. The van der Waals surface area contributed by atoms with Gasteiger partial charge in [0, 0.05) is 30.6 Å². The lowest BCUT2D eigenvalue weighted by Crippen LogP contribution is -2.33. The second-order valence-electron chi connectivity index (χ2n) is 6.49. The molecule has 2 fully saturated rings. The molecule has 1 aliphatic carbocycles. The van der Waals surface area contributed by atoms with E-state index in [1.54, 1.807) is 0 Å². The number of para-hydroxylation sites is 1. The number of carbonyl (C=O) groups excluding carboxylic acids is 1. The monoisotopic (exact) mass is 298 g/mol. The van der Waals surface area contributed by atoms with Gasteiger partial charge in [-0.2, -0.15) is 0 Å². The quantitative estimate of drug-likeness (QED) is 0.922. The summed E-state index contributed by atoms with van der Waals surface area (Å²) in [4.78, 5) is 12.6. The van der Waals surface area contributed by atoms with Crippen molar-refractivity contribution >= 4 is 16.8 Å². The zero-order chi connectivity index (χ0) is 14.9. The van der Waals surface area contributed by atoms with Crippen LogP contribution in [0.5, 0.6) is 0 Å². The van der Waals surface area contributed by atoms with E-state index < -0.39 is 0 Å². The summed E-state index contributed by atoms with van der Waals surface area (Å²) in [5.41, 5.74) is 1.95. The molecule has 1 amide bonds. The average molecular weight is 298 g/mol. The zero-order valence-electron chi connectivity index (χ0n) is 12.8. The molecule has 2 heterocycles. The number of fused-ring (bicyclic) bond motifs is 1. The van der Waals surface area contributed by atoms with Crippen LogP contribution in [-0.4, -0.2) is 29.7 Å². The van der Waals surface area contributed by atoms with E-state index in [1.807, 2.05) is 18.2 Å². The van der Waals surface area contributed by atoms with E-state index in [4.69, 9.17) is 4.74 Å². The topological polar surface area (TPSA) is 43.3 Å². The van der Waals surface area contributed by atoms with Crippen LogP contribution in [0.1, 0.15) is 36.2 Å². The highest BCUT2D eigenvalue weighted by atomic mass is 16.5. The highest BCUT2D eigenvalue weighted by Crippen LogP contribution is 2.33. The van der Waals surface area contributed by atoms with Gasteiger partial charge in [0.05, 0.1) is 6.10 Å². The van der Waals surface area contributed by atoms with Crippen molar-refractivity contribution in [3.05, 3.63) is 36.0 Å². The molecule has 1 aromatic heterocycles. The molecule has 0 radical (unpaired) electrons. The Morgan fingerprint density at radius 2 is 2.14 bits per heavy atom. The molecule has 1 atom stereocenters. The first-order chi connectivity index (χ1) is 10.8. The van der Waals surface area contributed by atoms with Gasteiger partial charge < -0.3 is 14.6 Å². The first-order valence-corrected chi connectivity index (χ1v) is 8.29. The molecule has 4 nitrogen and oxygen atoms in total. The van der Waals surface area contributed by atoms with Gasteiger partial charge in [-0.1, -0.05) is 18.2 Å². The highest BCUT2D eigenvalue weighted by molar-refractivity contribution is 5.98. The second kappa shape index (κ2) is 5.76. The van der Waals surface area contributed by atoms with Crippen LogP contribution in [0, 0.1) is 5.92 Å². The summed E-state index contributed by atoms with van der Waals surface area (Å²) in [6, 6.07) is 10.3. The van der Waals surface area contributed by atoms with E-state index >= 15 is 0 Å². The summed E-state index contributed by atoms with van der Waals surface area (Å²) in [6.07, 6.45) is 4.89. The van der Waals surface area contributed by atoms with E-state index in [0.717, 1.165) is 48.5 Å². The van der Waals surface area contributed by atoms with Crippen LogP contribution >= 0.6 is 0 Å². The van der Waals surface area contributed by atoms with Gasteiger partial charge in [-0.05, 0) is 43.7 Å². The van der Waals surface area contributed by atoms with Crippen molar-refractivity contribution in [1.29, 1.82) is 0 Å². The minimum Gasteiger partial charge on any atom is -0.376 e. The minimum atomic E-state index is 0.0207. The SMILES string of the molecule is O=C(NCC1CCCO1)c1cc2ccccc2n1CC1CC1. The number of nitrogens with zero attached hydrogens (tertiary/aromatic N) is 1. The summed E-state index contributed by atoms with van der Waals surface area (Å²) in [5.74, 6) is 0.757. The van der Waals surface area contributed by atoms with Gasteiger partial charge >= 0.3 is 0 Å². The van der Waals surface area contributed by atoms with Crippen molar-refractivity contribution in [3.8, 4) is 0 Å². The van der Waals surface area contributed by atoms with Crippen LogP contribution in [0.3, 0.4) is 0 Å². The Balaban J connectivity index is 1.57. The maximum absolute atomic E-state index is 12.6. The summed E-state index contributed by atoms with van der Waals surface area (Å²) in [5, 5.41) is 4.20. The predicted octanol–water partition coefficient (Wildman–Crippen LogP) is 2.96. The van der Waals surface area contributed by atoms with Gasteiger partial charge in [0.25, 0.3) is 5.91 Å². The van der Waals surface area contributed by atoms with Gasteiger partial charge in [-0.3, -0.25) is 4.79 Å². The van der Waals surface area contributed by atoms with Crippen molar-refractivity contribution in [2.75, 3.05) is 13.2 Å². The number of nitrogens with one attached hydrogen (secondary N) is 1. The summed E-state index contributed by atoms with van der Waals surface area (Å²) in [6.45, 7) is 2.39. The number of rotatable bonds is 5. The second-order valence-corrected chi connectivity index (χ2v) is 6.49. The standard InChI is InChI=1S/C18H22N2O2/c21-18(19-11-15-5-3-9-22-15)17-10-14-4-1-2-6-16(14)20(17)12-13-7-8-13/h1-2,4,6,10,13,15H,3,5,7-9,11-12H2,(H,19,21). The summed E-state index contributed by atoms with van der Waals surface area (Å²) < 4.78 is 7.77. The molecule has 1 saturated heterocycles. The third-order valence-corrected chi connectivity index (χ3v) is 4.70. The molecule has 4 rings (SSSR count). The molecule has 116 valence electrons. The number of amides is 1. The van der Waals surface area contributed by atoms with Crippen LogP contribution in [0.2, 0.25) is 0 Å². The fourth-order valence-electron chi connectivity index (χ4n) is 3.26. The first kappa shape index (κ1) is 13.8. The Morgan fingerprint density at radius 1 is 1.27 bits per heavy atom. The number of ether oxygens (including phenoxy) is 1. The van der Waals surface area contributed by atoms with Crippen molar-refractivity contribution in [3.63, 3.8) is 0 Å². The minimum absolute atomic E-state index is 0.0207. The van der Waals surface area contributed by atoms with Gasteiger partial charge in [-0.25, -0.2) is 0 Å². The molecule has 4 heteroatoms. The fraction of sp³-hybridized carbons (Fsp3) is 0.500. The molecule has 1 N–H and O–H groups in total. The lowest BCUT2D eigenvalue weighted by atomic mass is 10.2. The number of hydrogen-bond donors (Lipinski definition) is 1. The Morgan fingerprint density at radius 3 is 2.91 bits per heavy atom. The molecule has 1 unspecified atom stereocenters. The molecule has 22 heavy (non-hydrogen) atoms. The van der Waals surface area contributed by atoms with E-state index in [1.165, 1.54) is 12.8 Å². The van der Waals surface area contributed by atoms with Gasteiger partial charge in [0.15, 0.2) is 0 Å². The Labute approximate surface area is 130 Å². The highest BCUT2D eigenvalue weighted by Gasteiger charge is 2.25. The van der Waals surface area contributed by atoms with Crippen molar-refractivity contribution in [2.45, 2.75) is 38.3 Å². The van der Waals surface area contributed by atoms with Crippen LogP contribution in [0.4, 0.5) is 0 Å². The van der Waals surface area contributed by atoms with Gasteiger partial charge in [0.2, 0.25) is 0 Å². The van der Waals surface area contributed by atoms with Crippen LogP contribution in [-0.2, 0) is 11.3 Å².